The molecule has 1 aliphatic rings. The van der Waals surface area contributed by atoms with Crippen LogP contribution in [0.4, 0.5) is 5.95 Å². The quantitative estimate of drug-likeness (QED) is 0.889. The number of imidazole rings is 1. The summed E-state index contributed by atoms with van der Waals surface area (Å²) in [4.78, 5) is 11.5. The lowest BCUT2D eigenvalue weighted by Gasteiger charge is -2.20. The molecule has 1 fully saturated rings. The first-order chi connectivity index (χ1) is 9.19. The maximum atomic E-state index is 6.02. The van der Waals surface area contributed by atoms with Crippen LogP contribution in [-0.4, -0.2) is 38.6 Å². The van der Waals surface area contributed by atoms with E-state index in [1.807, 2.05) is 23.6 Å². The minimum Gasteiger partial charge on any atom is -0.369 e. The van der Waals surface area contributed by atoms with Gasteiger partial charge in [-0.15, -0.1) is 0 Å². The van der Waals surface area contributed by atoms with Crippen LogP contribution in [0.25, 0.3) is 11.2 Å². The SMILES string of the molecule is CCN(CCn1c(N)nc2ccc(C)nc21)C1CC1. The molecule has 1 saturated carbocycles. The van der Waals surface area contributed by atoms with Crippen LogP contribution in [0.5, 0.6) is 0 Å². The first-order valence-electron chi connectivity index (χ1n) is 7.02. The van der Waals surface area contributed by atoms with Gasteiger partial charge >= 0.3 is 0 Å². The Morgan fingerprint density at radius 3 is 2.84 bits per heavy atom. The second kappa shape index (κ2) is 4.81. The number of aryl methyl sites for hydroxylation is 1. The van der Waals surface area contributed by atoms with Gasteiger partial charge in [-0.2, -0.15) is 0 Å². The lowest BCUT2D eigenvalue weighted by Crippen LogP contribution is -2.29. The summed E-state index contributed by atoms with van der Waals surface area (Å²) < 4.78 is 2.04. The van der Waals surface area contributed by atoms with Crippen LogP contribution < -0.4 is 5.73 Å². The van der Waals surface area contributed by atoms with Crippen molar-refractivity contribution in [3.05, 3.63) is 17.8 Å². The van der Waals surface area contributed by atoms with E-state index in [-0.39, 0.29) is 0 Å². The van der Waals surface area contributed by atoms with Crippen LogP contribution in [0.1, 0.15) is 25.5 Å². The van der Waals surface area contributed by atoms with Crippen molar-refractivity contribution in [1.29, 1.82) is 0 Å². The van der Waals surface area contributed by atoms with E-state index >= 15 is 0 Å². The fourth-order valence-corrected chi connectivity index (χ4v) is 2.60. The molecule has 1 aliphatic carbocycles. The van der Waals surface area contributed by atoms with E-state index in [1.54, 1.807) is 0 Å². The van der Waals surface area contributed by atoms with Crippen molar-refractivity contribution in [2.24, 2.45) is 0 Å². The molecule has 0 saturated heterocycles. The van der Waals surface area contributed by atoms with Gasteiger partial charge in [0.25, 0.3) is 0 Å². The molecule has 2 N–H and O–H groups in total. The molecule has 3 rings (SSSR count). The van der Waals surface area contributed by atoms with Gasteiger partial charge in [0.15, 0.2) is 5.65 Å². The summed E-state index contributed by atoms with van der Waals surface area (Å²) in [5.41, 5.74) is 8.81. The van der Waals surface area contributed by atoms with Crippen molar-refractivity contribution < 1.29 is 0 Å². The lowest BCUT2D eigenvalue weighted by molar-refractivity contribution is 0.267. The Morgan fingerprint density at radius 2 is 2.16 bits per heavy atom. The highest BCUT2D eigenvalue weighted by molar-refractivity contribution is 5.74. The summed E-state index contributed by atoms with van der Waals surface area (Å²) in [5.74, 6) is 0.569. The number of pyridine rings is 1. The zero-order valence-corrected chi connectivity index (χ0v) is 11.6. The molecule has 5 nitrogen and oxygen atoms in total. The number of fused-ring (bicyclic) bond motifs is 1. The van der Waals surface area contributed by atoms with Gasteiger partial charge in [0.05, 0.1) is 0 Å². The summed E-state index contributed by atoms with van der Waals surface area (Å²) in [5, 5.41) is 0. The minimum atomic E-state index is 0.569. The zero-order valence-electron chi connectivity index (χ0n) is 11.6. The first-order valence-corrected chi connectivity index (χ1v) is 7.02. The number of hydrogen-bond acceptors (Lipinski definition) is 4. The predicted octanol–water partition coefficient (Wildman–Crippen LogP) is 1.81. The number of rotatable bonds is 5. The number of nitrogens with two attached hydrogens (primary N) is 1. The molecule has 0 aromatic carbocycles. The molecule has 0 atom stereocenters. The molecule has 0 amide bonds. The lowest BCUT2D eigenvalue weighted by atomic mass is 10.3. The van der Waals surface area contributed by atoms with Crippen molar-refractivity contribution in [1.82, 2.24) is 19.4 Å². The third-order valence-electron chi connectivity index (χ3n) is 3.84. The second-order valence-corrected chi connectivity index (χ2v) is 5.28. The molecule has 102 valence electrons. The smallest absolute Gasteiger partial charge is 0.202 e. The number of likely N-dealkylation sites (N-methyl/N-ethyl adjacent to an activating group) is 1. The minimum absolute atomic E-state index is 0.569. The van der Waals surface area contributed by atoms with Crippen LogP contribution in [0, 0.1) is 6.92 Å². The number of anilines is 1. The third kappa shape index (κ3) is 2.42. The normalized spacial score (nSPS) is 15.5. The number of aromatic nitrogens is 3. The molecule has 0 radical (unpaired) electrons. The maximum Gasteiger partial charge on any atom is 0.202 e. The molecule has 2 aromatic rings. The van der Waals surface area contributed by atoms with E-state index in [2.05, 4.69) is 21.8 Å². The molecule has 5 heteroatoms. The third-order valence-corrected chi connectivity index (χ3v) is 3.84. The number of hydrogen-bond donors (Lipinski definition) is 1. The highest BCUT2D eigenvalue weighted by Gasteiger charge is 2.27. The average Bonchev–Trinajstić information content (AvgIpc) is 3.17. The van der Waals surface area contributed by atoms with Gasteiger partial charge in [0, 0.05) is 24.8 Å². The molecular weight excluding hydrogens is 238 g/mol. The van der Waals surface area contributed by atoms with Crippen LogP contribution >= 0.6 is 0 Å². The molecule has 0 spiro atoms. The Hall–Kier alpha value is -1.62. The van der Waals surface area contributed by atoms with Gasteiger partial charge in [-0.3, -0.25) is 9.47 Å². The van der Waals surface area contributed by atoms with Gasteiger partial charge in [-0.05, 0) is 38.4 Å². The second-order valence-electron chi connectivity index (χ2n) is 5.28. The summed E-state index contributed by atoms with van der Waals surface area (Å²) in [6.45, 7) is 7.20. The van der Waals surface area contributed by atoms with E-state index in [0.717, 1.165) is 42.5 Å². The van der Waals surface area contributed by atoms with Crippen LogP contribution in [0.15, 0.2) is 12.1 Å². The molecule has 0 bridgehead atoms. The fraction of sp³-hybridized carbons (Fsp3) is 0.571. The van der Waals surface area contributed by atoms with E-state index in [4.69, 9.17) is 5.73 Å². The Balaban J connectivity index is 1.83. The molecule has 0 aliphatic heterocycles. The van der Waals surface area contributed by atoms with Crippen molar-refractivity contribution in [3.63, 3.8) is 0 Å². The van der Waals surface area contributed by atoms with Gasteiger partial charge in [0.1, 0.15) is 5.52 Å². The van der Waals surface area contributed by atoms with E-state index in [0.29, 0.717) is 5.95 Å². The van der Waals surface area contributed by atoms with Crippen LogP contribution in [0.2, 0.25) is 0 Å². The Labute approximate surface area is 113 Å². The van der Waals surface area contributed by atoms with E-state index < -0.39 is 0 Å². The van der Waals surface area contributed by atoms with Gasteiger partial charge in [-0.1, -0.05) is 6.92 Å². The summed E-state index contributed by atoms with van der Waals surface area (Å²) in [6, 6.07) is 4.75. The van der Waals surface area contributed by atoms with Crippen molar-refractivity contribution in [2.45, 2.75) is 39.3 Å². The molecule has 19 heavy (non-hydrogen) atoms. The summed E-state index contributed by atoms with van der Waals surface area (Å²) in [6.07, 6.45) is 2.68. The maximum absolute atomic E-state index is 6.02. The molecule has 2 heterocycles. The average molecular weight is 259 g/mol. The predicted molar refractivity (Wildman–Crippen MR) is 76.9 cm³/mol. The monoisotopic (exact) mass is 259 g/mol. The zero-order chi connectivity index (χ0) is 13.4. The van der Waals surface area contributed by atoms with Crippen molar-refractivity contribution >= 4 is 17.1 Å². The Kier molecular flexibility index (Phi) is 3.14. The number of nitrogens with zero attached hydrogens (tertiary/aromatic N) is 4. The number of nitrogen functional groups attached to an aromatic ring is 1. The van der Waals surface area contributed by atoms with Crippen molar-refractivity contribution in [2.75, 3.05) is 18.8 Å². The van der Waals surface area contributed by atoms with Crippen LogP contribution in [-0.2, 0) is 6.54 Å². The molecule has 2 aromatic heterocycles. The standard InChI is InChI=1S/C14H21N5/c1-3-18(11-5-6-11)8-9-19-13-12(17-14(19)15)7-4-10(2)16-13/h4,7,11H,3,5-6,8-9H2,1-2H3,(H2,15,17). The van der Waals surface area contributed by atoms with E-state index in [1.165, 1.54) is 12.8 Å². The first kappa shape index (κ1) is 12.4. The molecular formula is C14H21N5. The van der Waals surface area contributed by atoms with Gasteiger partial charge in [0.2, 0.25) is 5.95 Å². The topological polar surface area (TPSA) is 60.0 Å². The van der Waals surface area contributed by atoms with Gasteiger partial charge in [-0.25, -0.2) is 9.97 Å². The van der Waals surface area contributed by atoms with E-state index in [9.17, 15) is 0 Å². The van der Waals surface area contributed by atoms with Crippen LogP contribution in [0.3, 0.4) is 0 Å². The largest absolute Gasteiger partial charge is 0.369 e. The summed E-state index contributed by atoms with van der Waals surface area (Å²) in [7, 11) is 0. The summed E-state index contributed by atoms with van der Waals surface area (Å²) >= 11 is 0. The fourth-order valence-electron chi connectivity index (χ4n) is 2.60. The highest BCUT2D eigenvalue weighted by Crippen LogP contribution is 2.26. The molecule has 0 unspecified atom stereocenters. The Morgan fingerprint density at radius 1 is 1.37 bits per heavy atom. The van der Waals surface area contributed by atoms with Crippen molar-refractivity contribution in [3.8, 4) is 0 Å². The highest BCUT2D eigenvalue weighted by atomic mass is 15.2. The van der Waals surface area contributed by atoms with Gasteiger partial charge < -0.3 is 5.73 Å². The Bertz CT molecular complexity index is 585.